The first-order valence-electron chi connectivity index (χ1n) is 3.79. The first kappa shape index (κ1) is 11.4. The number of rotatable bonds is 5. The third-order valence-corrected chi connectivity index (χ3v) is 1.40. The lowest BCUT2D eigenvalue weighted by atomic mass is 10.1. The molecule has 0 radical (unpaired) electrons. The molecule has 0 aliphatic rings. The third kappa shape index (κ3) is 4.06. The molecule has 0 rings (SSSR count). The van der Waals surface area contributed by atoms with Gasteiger partial charge in [-0.05, 0) is 23.3 Å². The molecular formula is C12H13F. The average Bonchev–Trinajstić information content (AvgIpc) is 2.13. The maximum absolute atomic E-state index is 12.7. The molecule has 0 heterocycles. The Hall–Kier alpha value is -1.63. The van der Waals surface area contributed by atoms with E-state index in [9.17, 15) is 4.39 Å². The van der Waals surface area contributed by atoms with Crippen LogP contribution in [0, 0.1) is 0 Å². The monoisotopic (exact) mass is 176 g/mol. The van der Waals surface area contributed by atoms with Crippen LogP contribution >= 0.6 is 0 Å². The van der Waals surface area contributed by atoms with Crippen LogP contribution in [0.2, 0.25) is 0 Å². The van der Waals surface area contributed by atoms with E-state index in [1.165, 1.54) is 6.08 Å². The van der Waals surface area contributed by atoms with E-state index in [1.54, 1.807) is 18.2 Å². The molecule has 0 saturated heterocycles. The van der Waals surface area contributed by atoms with Crippen LogP contribution in [-0.2, 0) is 0 Å². The summed E-state index contributed by atoms with van der Waals surface area (Å²) in [7, 11) is 0. The predicted molar refractivity (Wildman–Crippen MR) is 57.0 cm³/mol. The molecule has 68 valence electrons. The molecule has 0 bridgehead atoms. The van der Waals surface area contributed by atoms with Gasteiger partial charge >= 0.3 is 0 Å². The van der Waals surface area contributed by atoms with Gasteiger partial charge in [0.05, 0.1) is 0 Å². The fourth-order valence-electron chi connectivity index (χ4n) is 0.742. The molecule has 0 unspecified atom stereocenters. The predicted octanol–water partition coefficient (Wildman–Crippen LogP) is 3.88. The molecule has 0 nitrogen and oxygen atoms in total. The lowest BCUT2D eigenvalue weighted by molar-refractivity contribution is 0.667. The molecule has 0 saturated carbocycles. The summed E-state index contributed by atoms with van der Waals surface area (Å²) in [5.74, 6) is -0.415. The van der Waals surface area contributed by atoms with Crippen molar-refractivity contribution >= 4 is 0 Å². The van der Waals surface area contributed by atoms with Crippen LogP contribution in [0.15, 0.2) is 73.7 Å². The van der Waals surface area contributed by atoms with Gasteiger partial charge in [-0.2, -0.15) is 0 Å². The molecule has 0 aliphatic heterocycles. The average molecular weight is 176 g/mol. The summed E-state index contributed by atoms with van der Waals surface area (Å²) in [5, 5.41) is 0. The van der Waals surface area contributed by atoms with Crippen molar-refractivity contribution < 1.29 is 4.39 Å². The van der Waals surface area contributed by atoms with Gasteiger partial charge in [0, 0.05) is 0 Å². The number of allylic oxidation sites excluding steroid dienone is 8. The zero-order chi connectivity index (χ0) is 10.3. The molecule has 0 N–H and O–H groups in total. The summed E-state index contributed by atoms with van der Waals surface area (Å²) in [6.07, 6.45) is 7.32. The summed E-state index contributed by atoms with van der Waals surface area (Å²) in [5.41, 5.74) is 1.29. The zero-order valence-electron chi connectivity index (χ0n) is 7.59. The standard InChI is InChI=1S/C12H13F/c1-5-8-11(6-2)10(4)9-12(13)7-3/h5-9H,1-4H2/b11-8+,12-9+. The van der Waals surface area contributed by atoms with E-state index < -0.39 is 5.83 Å². The molecule has 0 aromatic heterocycles. The Morgan fingerprint density at radius 2 is 1.69 bits per heavy atom. The van der Waals surface area contributed by atoms with Crippen LogP contribution in [0.5, 0.6) is 0 Å². The van der Waals surface area contributed by atoms with E-state index in [0.29, 0.717) is 5.57 Å². The Labute approximate surface area is 78.8 Å². The second-order valence-electron chi connectivity index (χ2n) is 2.32. The van der Waals surface area contributed by atoms with Crippen LogP contribution in [0.25, 0.3) is 0 Å². The van der Waals surface area contributed by atoms with Crippen molar-refractivity contribution in [3.05, 3.63) is 73.7 Å². The quantitative estimate of drug-likeness (QED) is 0.557. The fraction of sp³-hybridized carbons (Fsp3) is 0. The molecule has 0 fully saturated rings. The first-order valence-corrected chi connectivity index (χ1v) is 3.79. The van der Waals surface area contributed by atoms with Crippen molar-refractivity contribution in [3.8, 4) is 0 Å². The van der Waals surface area contributed by atoms with Gasteiger partial charge in [-0.1, -0.05) is 44.5 Å². The third-order valence-electron chi connectivity index (χ3n) is 1.40. The van der Waals surface area contributed by atoms with E-state index >= 15 is 0 Å². The summed E-state index contributed by atoms with van der Waals surface area (Å²) >= 11 is 0. The minimum absolute atomic E-state index is 0.415. The maximum atomic E-state index is 12.7. The lowest BCUT2D eigenvalue weighted by Crippen LogP contribution is -1.80. The van der Waals surface area contributed by atoms with Crippen LogP contribution in [0.3, 0.4) is 0 Å². The minimum Gasteiger partial charge on any atom is -0.207 e. The van der Waals surface area contributed by atoms with Gasteiger partial charge in [0.25, 0.3) is 0 Å². The van der Waals surface area contributed by atoms with E-state index in [0.717, 1.165) is 11.6 Å². The molecule has 0 aromatic carbocycles. The molecule has 13 heavy (non-hydrogen) atoms. The van der Waals surface area contributed by atoms with Crippen LogP contribution in [0.4, 0.5) is 4.39 Å². The summed E-state index contributed by atoms with van der Waals surface area (Å²) in [4.78, 5) is 0. The topological polar surface area (TPSA) is 0 Å². The van der Waals surface area contributed by atoms with Gasteiger partial charge in [0.2, 0.25) is 0 Å². The van der Waals surface area contributed by atoms with Crippen molar-refractivity contribution in [2.45, 2.75) is 0 Å². The molecule has 0 aliphatic carbocycles. The Kier molecular flexibility index (Phi) is 5.20. The minimum atomic E-state index is -0.415. The summed E-state index contributed by atoms with van der Waals surface area (Å²) in [6.45, 7) is 14.1. The van der Waals surface area contributed by atoms with Crippen LogP contribution in [-0.4, -0.2) is 0 Å². The largest absolute Gasteiger partial charge is 0.207 e. The smallest absolute Gasteiger partial charge is 0.123 e. The van der Waals surface area contributed by atoms with Gasteiger partial charge in [-0.25, -0.2) is 4.39 Å². The molecule has 0 atom stereocenters. The van der Waals surface area contributed by atoms with Gasteiger partial charge in [-0.15, -0.1) is 0 Å². The van der Waals surface area contributed by atoms with Gasteiger partial charge in [0.1, 0.15) is 5.83 Å². The van der Waals surface area contributed by atoms with Crippen molar-refractivity contribution in [2.75, 3.05) is 0 Å². The normalized spacial score (nSPS) is 12.1. The number of hydrogen-bond acceptors (Lipinski definition) is 0. The van der Waals surface area contributed by atoms with Gasteiger partial charge in [-0.3, -0.25) is 0 Å². The summed E-state index contributed by atoms with van der Waals surface area (Å²) < 4.78 is 12.7. The Bertz CT molecular complexity index is 290. The van der Waals surface area contributed by atoms with Crippen molar-refractivity contribution in [3.63, 3.8) is 0 Å². The van der Waals surface area contributed by atoms with Crippen LogP contribution < -0.4 is 0 Å². The molecular weight excluding hydrogens is 163 g/mol. The SMILES string of the molecule is C=C/C=C(\C=C)C(=C)/C=C(/F)C=C. The van der Waals surface area contributed by atoms with E-state index in [-0.39, 0.29) is 0 Å². The van der Waals surface area contributed by atoms with Crippen molar-refractivity contribution in [1.29, 1.82) is 0 Å². The molecule has 0 aromatic rings. The van der Waals surface area contributed by atoms with Gasteiger partial charge < -0.3 is 0 Å². The Morgan fingerprint density at radius 1 is 1.08 bits per heavy atom. The van der Waals surface area contributed by atoms with E-state index in [2.05, 4.69) is 26.3 Å². The Morgan fingerprint density at radius 3 is 2.08 bits per heavy atom. The number of halogens is 1. The zero-order valence-corrected chi connectivity index (χ0v) is 7.59. The second-order valence-corrected chi connectivity index (χ2v) is 2.32. The first-order chi connectivity index (χ1) is 6.15. The van der Waals surface area contributed by atoms with E-state index in [1.807, 2.05) is 0 Å². The molecule has 1 heteroatoms. The summed E-state index contributed by atoms with van der Waals surface area (Å²) in [6, 6.07) is 0. The highest BCUT2D eigenvalue weighted by atomic mass is 19.1. The second kappa shape index (κ2) is 5.95. The highest BCUT2D eigenvalue weighted by Crippen LogP contribution is 2.13. The molecule has 0 spiro atoms. The number of hydrogen-bond donors (Lipinski definition) is 0. The fourth-order valence-corrected chi connectivity index (χ4v) is 0.742. The lowest BCUT2D eigenvalue weighted by Gasteiger charge is -1.99. The van der Waals surface area contributed by atoms with Crippen molar-refractivity contribution in [2.24, 2.45) is 0 Å². The van der Waals surface area contributed by atoms with Crippen molar-refractivity contribution in [1.82, 2.24) is 0 Å². The maximum Gasteiger partial charge on any atom is 0.123 e. The van der Waals surface area contributed by atoms with E-state index in [4.69, 9.17) is 0 Å². The highest BCUT2D eigenvalue weighted by molar-refractivity contribution is 5.46. The Balaban J connectivity index is 4.77. The van der Waals surface area contributed by atoms with Gasteiger partial charge in [0.15, 0.2) is 0 Å². The van der Waals surface area contributed by atoms with Crippen LogP contribution in [0.1, 0.15) is 0 Å². The highest BCUT2D eigenvalue weighted by Gasteiger charge is 1.95. The molecule has 0 amide bonds.